The zero-order valence-corrected chi connectivity index (χ0v) is 24.8. The second kappa shape index (κ2) is 5.05. The third-order valence-electron chi connectivity index (χ3n) is 15.8. The van der Waals surface area contributed by atoms with E-state index in [1.807, 2.05) is 0 Å². The molecule has 46 heavy (non-hydrogen) atoms. The molecule has 0 heteroatoms. The van der Waals surface area contributed by atoms with E-state index in [0.29, 0.717) is 17.8 Å². The van der Waals surface area contributed by atoms with Gasteiger partial charge in [0.05, 0.1) is 0 Å². The van der Waals surface area contributed by atoms with Gasteiger partial charge in [0.25, 0.3) is 0 Å². The van der Waals surface area contributed by atoms with E-state index in [2.05, 4.69) is 54.6 Å². The van der Waals surface area contributed by atoms with Gasteiger partial charge in [-0.2, -0.15) is 0 Å². The maximum atomic E-state index is 2.77. The summed E-state index contributed by atoms with van der Waals surface area (Å²) >= 11 is 0. The van der Waals surface area contributed by atoms with E-state index in [4.69, 9.17) is 0 Å². The number of hydrogen-bond donors (Lipinski definition) is 0. The van der Waals surface area contributed by atoms with Crippen molar-refractivity contribution in [3.8, 4) is 0 Å². The van der Waals surface area contributed by atoms with Crippen LogP contribution in [-0.2, 0) is 31.1 Å². The summed E-state index contributed by atoms with van der Waals surface area (Å²) in [5.41, 5.74) is 15.2. The van der Waals surface area contributed by atoms with Crippen LogP contribution in [0.5, 0.6) is 0 Å². The zero-order chi connectivity index (χ0) is 28.2. The van der Waals surface area contributed by atoms with E-state index >= 15 is 0 Å². The van der Waals surface area contributed by atoms with E-state index < -0.39 is 0 Å². The third kappa shape index (κ3) is 1.36. The molecule has 1 spiro atoms. The maximum absolute atomic E-state index is 2.77. The second-order valence-electron chi connectivity index (χ2n) is 16.9. The first-order chi connectivity index (χ1) is 22.8. The molecule has 6 aliphatic carbocycles. The Bertz CT molecular complexity index is 3580. The fourth-order valence-electron chi connectivity index (χ4n) is 15.1. The molecular formula is C46H20. The molecule has 12 aromatic carbocycles. The molecule has 0 amide bonds. The van der Waals surface area contributed by atoms with Crippen molar-refractivity contribution in [2.45, 2.75) is 48.9 Å². The summed E-state index contributed by atoms with van der Waals surface area (Å²) in [6.45, 7) is 0. The fraction of sp³-hybridized carbons (Fsp3) is 0.174. The molecule has 4 atom stereocenters. The van der Waals surface area contributed by atoms with Crippen molar-refractivity contribution in [1.29, 1.82) is 0 Å². The van der Waals surface area contributed by atoms with E-state index in [1.165, 1.54) is 19.3 Å². The monoisotopic (exact) mass is 572 g/mol. The lowest BCUT2D eigenvalue weighted by atomic mass is 9.80. The van der Waals surface area contributed by atoms with Gasteiger partial charge in [0.2, 0.25) is 0 Å². The minimum absolute atomic E-state index is 0.195. The van der Waals surface area contributed by atoms with Crippen molar-refractivity contribution in [1.82, 2.24) is 0 Å². The van der Waals surface area contributed by atoms with Gasteiger partial charge in [0.1, 0.15) is 0 Å². The molecule has 0 N–H and O–H groups in total. The summed E-state index contributed by atoms with van der Waals surface area (Å²) in [5.74, 6) is 1.78. The Morgan fingerprint density at radius 2 is 1.09 bits per heavy atom. The Hall–Kier alpha value is -4.94. The number of rotatable bonds is 1. The van der Waals surface area contributed by atoms with Crippen molar-refractivity contribution in [3.05, 3.63) is 105 Å². The summed E-state index contributed by atoms with van der Waals surface area (Å²) in [6, 6.07) is 22.5. The highest BCUT2D eigenvalue weighted by atomic mass is 14.7. The predicted octanol–water partition coefficient (Wildman–Crippen LogP) is 11.1. The molecule has 1 saturated carbocycles. The van der Waals surface area contributed by atoms with Gasteiger partial charge in [-0.25, -0.2) is 0 Å². The van der Waals surface area contributed by atoms with Gasteiger partial charge >= 0.3 is 0 Å². The summed E-state index contributed by atoms with van der Waals surface area (Å²) in [7, 11) is 0. The second-order valence-corrected chi connectivity index (χ2v) is 16.9. The van der Waals surface area contributed by atoms with Crippen LogP contribution in [0.4, 0.5) is 0 Å². The van der Waals surface area contributed by atoms with Crippen LogP contribution in [0.1, 0.15) is 67.8 Å². The maximum Gasteiger partial charge on any atom is 0.0156 e. The summed E-state index contributed by atoms with van der Waals surface area (Å²) in [6.07, 6.45) is 4.77. The Labute approximate surface area is 260 Å². The first-order valence-electron chi connectivity index (χ1n) is 17.7. The molecule has 6 aliphatic rings. The Morgan fingerprint density at radius 3 is 1.93 bits per heavy atom. The minimum atomic E-state index is 0.195. The topological polar surface area (TPSA) is 0 Å². The molecule has 18 rings (SSSR count). The van der Waals surface area contributed by atoms with E-state index in [1.54, 1.807) is 158 Å². The molecule has 0 heterocycles. The van der Waals surface area contributed by atoms with Crippen LogP contribution in [0.25, 0.3) is 108 Å². The average Bonchev–Trinajstić information content (AvgIpc) is 3.68. The standard InChI is InChI=1S/C46H20/c1-2-4-14(5-3-1)43-44-22-12-20-10-17-8-18-7-15-6-16-9-19-11-21-13-46(43,44)45-29(21)34-28(19)33-24(16)23(15)31-27(18)32-25(17)26(20)35-30(22)42(45)41-39(34)37(33)36(31)38(32)40(35)41/h1-5,8-9,11-12,15,43-44H,6-7,10,13H2. The van der Waals surface area contributed by atoms with Gasteiger partial charge in [-0.15, -0.1) is 0 Å². The van der Waals surface area contributed by atoms with E-state index in [0.717, 1.165) is 6.42 Å². The Morgan fingerprint density at radius 1 is 0.457 bits per heavy atom. The number of hydrogen-bond acceptors (Lipinski definition) is 0. The molecule has 12 aromatic rings. The van der Waals surface area contributed by atoms with Crippen LogP contribution >= 0.6 is 0 Å². The number of benzene rings is 9. The molecule has 0 radical (unpaired) electrons. The van der Waals surface area contributed by atoms with Crippen LogP contribution in [-0.4, -0.2) is 0 Å². The summed E-state index contributed by atoms with van der Waals surface area (Å²) in [4.78, 5) is 0. The SMILES string of the molecule is c1ccc(C2C3c4cc5c6c7c(cc8c9c%10c%11c%12c(cc%13cc%14c%15c(c%16c4c6c4c%16c6c%15c%13c%12c6c%10c4c79)C23C%14)CC%11C8)C5)cc1. The normalized spacial score (nSPS) is 26.2. The van der Waals surface area contributed by atoms with Gasteiger partial charge in [-0.1, -0.05) is 54.6 Å². The molecule has 0 aromatic heterocycles. The fourth-order valence-corrected chi connectivity index (χ4v) is 15.1. The van der Waals surface area contributed by atoms with Crippen LogP contribution < -0.4 is 0 Å². The predicted molar refractivity (Wildman–Crippen MR) is 190 cm³/mol. The third-order valence-corrected chi connectivity index (χ3v) is 15.8. The van der Waals surface area contributed by atoms with Crippen molar-refractivity contribution in [3.63, 3.8) is 0 Å². The highest BCUT2D eigenvalue weighted by Crippen LogP contribution is 2.81. The average molecular weight is 573 g/mol. The molecule has 1 fully saturated rings. The van der Waals surface area contributed by atoms with Gasteiger partial charge in [-0.05, 0) is 189 Å². The van der Waals surface area contributed by atoms with Gasteiger partial charge in [-0.3, -0.25) is 0 Å². The lowest BCUT2D eigenvalue weighted by Gasteiger charge is -2.22. The summed E-state index contributed by atoms with van der Waals surface area (Å²) in [5, 5.41) is 33.3. The number of fused-ring (bicyclic) bond motifs is 1. The first-order valence-corrected chi connectivity index (χ1v) is 17.7. The van der Waals surface area contributed by atoms with Crippen LogP contribution in [0.2, 0.25) is 0 Å². The van der Waals surface area contributed by atoms with Crippen LogP contribution in [0.15, 0.2) is 54.6 Å². The first kappa shape index (κ1) is 19.5. The highest BCUT2D eigenvalue weighted by molar-refractivity contribution is 6.63. The summed E-state index contributed by atoms with van der Waals surface area (Å²) < 4.78 is 0. The molecule has 0 bridgehead atoms. The highest BCUT2D eigenvalue weighted by Gasteiger charge is 2.71. The Kier molecular flexibility index (Phi) is 2.14. The van der Waals surface area contributed by atoms with E-state index in [9.17, 15) is 0 Å². The van der Waals surface area contributed by atoms with Crippen LogP contribution in [0, 0.1) is 0 Å². The lowest BCUT2D eigenvalue weighted by molar-refractivity contribution is 0.676. The van der Waals surface area contributed by atoms with Gasteiger partial charge in [0.15, 0.2) is 0 Å². The Balaban J connectivity index is 1.30. The molecule has 204 valence electrons. The zero-order valence-electron chi connectivity index (χ0n) is 24.8. The van der Waals surface area contributed by atoms with Crippen molar-refractivity contribution < 1.29 is 0 Å². The van der Waals surface area contributed by atoms with Crippen molar-refractivity contribution in [2.24, 2.45) is 0 Å². The molecular weight excluding hydrogens is 553 g/mol. The van der Waals surface area contributed by atoms with Crippen LogP contribution in [0.3, 0.4) is 0 Å². The van der Waals surface area contributed by atoms with Gasteiger partial charge in [0, 0.05) is 17.3 Å². The van der Waals surface area contributed by atoms with Gasteiger partial charge < -0.3 is 0 Å². The smallest absolute Gasteiger partial charge is 0.0156 e. The molecule has 0 saturated heterocycles. The lowest BCUT2D eigenvalue weighted by Crippen LogP contribution is -2.13. The quantitative estimate of drug-likeness (QED) is 0.172. The molecule has 0 nitrogen and oxygen atoms in total. The molecule has 4 unspecified atom stereocenters. The van der Waals surface area contributed by atoms with Crippen molar-refractivity contribution >= 4 is 108 Å². The largest absolute Gasteiger partial charge is 0.0622 e. The molecule has 0 aliphatic heterocycles. The van der Waals surface area contributed by atoms with Crippen molar-refractivity contribution in [2.75, 3.05) is 0 Å². The van der Waals surface area contributed by atoms with E-state index in [-0.39, 0.29) is 5.41 Å². The minimum Gasteiger partial charge on any atom is -0.0622 e.